The van der Waals surface area contributed by atoms with Crippen molar-refractivity contribution in [2.24, 2.45) is 23.2 Å². The molecular weight excluding hydrogens is 340 g/mol. The zero-order chi connectivity index (χ0) is 18.4. The number of carbonyl (C=O) groups is 2. The smallest absolute Gasteiger partial charge is 0.242 e. The van der Waals surface area contributed by atoms with Crippen molar-refractivity contribution in [2.45, 2.75) is 63.8 Å². The molecule has 2 N–H and O–H groups in total. The summed E-state index contributed by atoms with van der Waals surface area (Å²) in [6.07, 6.45) is 13.2. The predicted molar refractivity (Wildman–Crippen MR) is 101 cm³/mol. The van der Waals surface area contributed by atoms with Crippen LogP contribution in [0.25, 0.3) is 0 Å². The minimum atomic E-state index is -0.276. The fourth-order valence-corrected chi connectivity index (χ4v) is 6.82. The molecule has 1 saturated heterocycles. The number of rotatable bonds is 5. The zero-order valence-corrected chi connectivity index (χ0v) is 16.0. The number of nitrogens with zero attached hydrogens (tertiary/aromatic N) is 2. The van der Waals surface area contributed by atoms with Gasteiger partial charge in [0.05, 0.1) is 5.41 Å². The van der Waals surface area contributed by atoms with Gasteiger partial charge < -0.3 is 15.2 Å². The second kappa shape index (κ2) is 6.64. The highest BCUT2D eigenvalue weighted by Gasteiger charge is 2.56. The Balaban J connectivity index is 1.24. The van der Waals surface area contributed by atoms with E-state index in [4.69, 9.17) is 0 Å². The highest BCUT2D eigenvalue weighted by molar-refractivity contribution is 5.91. The molecule has 1 atom stereocenters. The van der Waals surface area contributed by atoms with Crippen LogP contribution in [0.2, 0.25) is 0 Å². The Morgan fingerprint density at radius 1 is 1.19 bits per heavy atom. The first kappa shape index (κ1) is 17.3. The van der Waals surface area contributed by atoms with Crippen LogP contribution in [0.3, 0.4) is 0 Å². The number of nitrogens with one attached hydrogen (secondary N) is 2. The van der Waals surface area contributed by atoms with Crippen molar-refractivity contribution in [3.8, 4) is 0 Å². The highest BCUT2D eigenvalue weighted by atomic mass is 16.2. The molecule has 0 spiro atoms. The molecular formula is C21H30N4O2. The van der Waals surface area contributed by atoms with Crippen molar-refractivity contribution in [3.05, 3.63) is 18.2 Å². The van der Waals surface area contributed by atoms with E-state index in [1.165, 1.54) is 19.3 Å². The van der Waals surface area contributed by atoms with E-state index in [1.807, 2.05) is 4.90 Å². The molecule has 5 fully saturated rings. The third-order valence-electron chi connectivity index (χ3n) is 7.52. The van der Waals surface area contributed by atoms with Crippen LogP contribution in [-0.4, -0.2) is 45.8 Å². The van der Waals surface area contributed by atoms with Gasteiger partial charge in [-0.05, 0) is 69.1 Å². The maximum Gasteiger partial charge on any atom is 0.242 e. The summed E-state index contributed by atoms with van der Waals surface area (Å²) >= 11 is 0. The van der Waals surface area contributed by atoms with Gasteiger partial charge in [0.1, 0.15) is 11.9 Å². The second-order valence-corrected chi connectivity index (χ2v) is 9.43. The highest BCUT2D eigenvalue weighted by Crippen LogP contribution is 2.60. The lowest BCUT2D eigenvalue weighted by molar-refractivity contribution is -0.160. The fraction of sp³-hybridized carbons (Fsp3) is 0.762. The van der Waals surface area contributed by atoms with Gasteiger partial charge in [-0.2, -0.15) is 0 Å². The van der Waals surface area contributed by atoms with Gasteiger partial charge in [0.15, 0.2) is 0 Å². The number of likely N-dealkylation sites (tertiary alicyclic amines) is 1. The van der Waals surface area contributed by atoms with Gasteiger partial charge in [-0.25, -0.2) is 4.98 Å². The van der Waals surface area contributed by atoms with Crippen LogP contribution in [0, 0.1) is 23.2 Å². The SMILES string of the molecule is O=C(NCCc1ncc[nH]1)C1CCCN1C(=O)C12CC3CC(CC(C3)C1)C2. The second-order valence-electron chi connectivity index (χ2n) is 9.43. The van der Waals surface area contributed by atoms with E-state index in [0.717, 1.165) is 62.2 Å². The number of aromatic nitrogens is 2. The van der Waals surface area contributed by atoms with E-state index < -0.39 is 0 Å². The summed E-state index contributed by atoms with van der Waals surface area (Å²) < 4.78 is 0. The van der Waals surface area contributed by atoms with E-state index in [1.54, 1.807) is 12.4 Å². The Bertz CT molecular complexity index is 678. The molecule has 4 aliphatic carbocycles. The van der Waals surface area contributed by atoms with Crippen molar-refractivity contribution in [1.29, 1.82) is 0 Å². The molecule has 1 aromatic heterocycles. The molecule has 2 heterocycles. The molecule has 1 aromatic rings. The third kappa shape index (κ3) is 3.07. The van der Waals surface area contributed by atoms with Crippen LogP contribution in [0.15, 0.2) is 12.4 Å². The molecule has 146 valence electrons. The summed E-state index contributed by atoms with van der Waals surface area (Å²) in [5.74, 6) is 3.45. The lowest BCUT2D eigenvalue weighted by Gasteiger charge is -2.56. The maximum absolute atomic E-state index is 13.6. The van der Waals surface area contributed by atoms with Crippen LogP contribution >= 0.6 is 0 Å². The van der Waals surface area contributed by atoms with Crippen LogP contribution in [0.1, 0.15) is 57.2 Å². The van der Waals surface area contributed by atoms with E-state index in [9.17, 15) is 9.59 Å². The number of H-pyrrole nitrogens is 1. The van der Waals surface area contributed by atoms with Crippen LogP contribution < -0.4 is 5.32 Å². The minimum absolute atomic E-state index is 0.0112. The first-order chi connectivity index (χ1) is 13.1. The quantitative estimate of drug-likeness (QED) is 0.835. The molecule has 6 rings (SSSR count). The number of hydrogen-bond donors (Lipinski definition) is 2. The van der Waals surface area contributed by atoms with Gasteiger partial charge in [-0.1, -0.05) is 0 Å². The Morgan fingerprint density at radius 2 is 1.89 bits per heavy atom. The van der Waals surface area contributed by atoms with Crippen LogP contribution in [0.5, 0.6) is 0 Å². The van der Waals surface area contributed by atoms with Crippen molar-refractivity contribution < 1.29 is 9.59 Å². The molecule has 0 radical (unpaired) electrons. The maximum atomic E-state index is 13.6. The summed E-state index contributed by atoms with van der Waals surface area (Å²) in [4.78, 5) is 35.6. The van der Waals surface area contributed by atoms with E-state index >= 15 is 0 Å². The first-order valence-corrected chi connectivity index (χ1v) is 10.7. The zero-order valence-electron chi connectivity index (χ0n) is 16.0. The average Bonchev–Trinajstić information content (AvgIpc) is 3.31. The number of hydrogen-bond acceptors (Lipinski definition) is 3. The van der Waals surface area contributed by atoms with E-state index in [-0.39, 0.29) is 17.4 Å². The molecule has 4 saturated carbocycles. The van der Waals surface area contributed by atoms with Gasteiger partial charge in [0.25, 0.3) is 0 Å². The first-order valence-electron chi connectivity index (χ1n) is 10.7. The van der Waals surface area contributed by atoms with E-state index in [0.29, 0.717) is 18.9 Å². The normalized spacial score (nSPS) is 37.0. The number of carbonyl (C=O) groups excluding carboxylic acids is 2. The van der Waals surface area contributed by atoms with Crippen molar-refractivity contribution in [1.82, 2.24) is 20.2 Å². The lowest BCUT2D eigenvalue weighted by atomic mass is 9.49. The largest absolute Gasteiger partial charge is 0.354 e. The molecule has 6 nitrogen and oxygen atoms in total. The van der Waals surface area contributed by atoms with Gasteiger partial charge in [-0.15, -0.1) is 0 Å². The summed E-state index contributed by atoms with van der Waals surface area (Å²) in [5, 5.41) is 3.03. The number of aromatic amines is 1. The molecule has 2 amide bonds. The fourth-order valence-electron chi connectivity index (χ4n) is 6.82. The summed E-state index contributed by atoms with van der Waals surface area (Å²) in [5.41, 5.74) is -0.147. The summed E-state index contributed by atoms with van der Waals surface area (Å²) in [6, 6.07) is -0.276. The number of amides is 2. The van der Waals surface area contributed by atoms with Gasteiger partial charge in [-0.3, -0.25) is 9.59 Å². The lowest BCUT2D eigenvalue weighted by Crippen LogP contribution is -2.57. The number of imidazole rings is 1. The standard InChI is InChI=1S/C21H30N4O2/c26-19(24-4-3-18-22-5-6-23-18)17-2-1-7-25(17)20(27)21-11-14-8-15(12-21)10-16(9-14)13-21/h5-6,14-17H,1-4,7-13H2,(H,22,23)(H,24,26). The Labute approximate surface area is 160 Å². The molecule has 27 heavy (non-hydrogen) atoms. The Morgan fingerprint density at radius 3 is 2.52 bits per heavy atom. The van der Waals surface area contributed by atoms with Gasteiger partial charge in [0.2, 0.25) is 11.8 Å². The third-order valence-corrected chi connectivity index (χ3v) is 7.52. The summed E-state index contributed by atoms with van der Waals surface area (Å²) in [7, 11) is 0. The molecule has 4 bridgehead atoms. The average molecular weight is 370 g/mol. The monoisotopic (exact) mass is 370 g/mol. The van der Waals surface area contributed by atoms with Crippen LogP contribution in [0.4, 0.5) is 0 Å². The van der Waals surface area contributed by atoms with Crippen molar-refractivity contribution >= 4 is 11.8 Å². The Hall–Kier alpha value is -1.85. The Kier molecular flexibility index (Phi) is 4.25. The van der Waals surface area contributed by atoms with Crippen LogP contribution in [-0.2, 0) is 16.0 Å². The topological polar surface area (TPSA) is 78.1 Å². The predicted octanol–water partition coefficient (Wildman–Crippen LogP) is 2.28. The molecule has 5 aliphatic rings. The van der Waals surface area contributed by atoms with Crippen molar-refractivity contribution in [3.63, 3.8) is 0 Å². The van der Waals surface area contributed by atoms with Gasteiger partial charge >= 0.3 is 0 Å². The molecule has 1 unspecified atom stereocenters. The molecule has 6 heteroatoms. The van der Waals surface area contributed by atoms with Gasteiger partial charge in [0, 0.05) is 31.9 Å². The van der Waals surface area contributed by atoms with Crippen molar-refractivity contribution in [2.75, 3.05) is 13.1 Å². The molecule has 1 aliphatic heterocycles. The summed E-state index contributed by atoms with van der Waals surface area (Å²) in [6.45, 7) is 1.30. The minimum Gasteiger partial charge on any atom is -0.354 e. The van der Waals surface area contributed by atoms with E-state index in [2.05, 4.69) is 15.3 Å². The molecule has 0 aromatic carbocycles.